The zero-order chi connectivity index (χ0) is 19.9. The molecule has 152 valence electrons. The molecule has 1 atom stereocenters. The molecule has 7 nitrogen and oxygen atoms in total. The average molecular weight is 397 g/mol. The molecular formula is C19H32N4O3S. The third-order valence-electron chi connectivity index (χ3n) is 4.66. The molecule has 1 saturated carbocycles. The molecule has 0 spiro atoms. The number of esters is 1. The second-order valence-electron chi connectivity index (χ2n) is 7.03. The number of ether oxygens (including phenoxy) is 1. The number of thiazole rings is 1. The van der Waals surface area contributed by atoms with Gasteiger partial charge in [-0.1, -0.05) is 19.3 Å². The topological polar surface area (TPSA) is 95.8 Å². The number of rotatable bonds is 7. The summed E-state index contributed by atoms with van der Waals surface area (Å²) in [5, 5.41) is 18.0. The number of aliphatic imine (C=N–C) groups is 1. The van der Waals surface area contributed by atoms with Gasteiger partial charge in [0.1, 0.15) is 9.88 Å². The van der Waals surface area contributed by atoms with Gasteiger partial charge in [-0.3, -0.25) is 4.99 Å². The summed E-state index contributed by atoms with van der Waals surface area (Å²) >= 11 is 1.34. The van der Waals surface area contributed by atoms with E-state index in [-0.39, 0.29) is 12.0 Å². The molecule has 0 saturated heterocycles. The number of nitrogens with one attached hydrogen (secondary N) is 2. The molecule has 1 aromatic heterocycles. The zero-order valence-electron chi connectivity index (χ0n) is 16.8. The van der Waals surface area contributed by atoms with E-state index in [0.29, 0.717) is 29.7 Å². The molecular weight excluding hydrogens is 364 g/mol. The molecule has 0 aromatic carbocycles. The molecule has 1 unspecified atom stereocenters. The maximum Gasteiger partial charge on any atom is 0.350 e. The van der Waals surface area contributed by atoms with Crippen LogP contribution in [0.3, 0.4) is 0 Å². The van der Waals surface area contributed by atoms with Crippen molar-refractivity contribution < 1.29 is 14.6 Å². The van der Waals surface area contributed by atoms with Crippen LogP contribution >= 0.6 is 11.3 Å². The van der Waals surface area contributed by atoms with Crippen LogP contribution in [0.5, 0.6) is 0 Å². The summed E-state index contributed by atoms with van der Waals surface area (Å²) in [4.78, 5) is 21.7. The minimum absolute atomic E-state index is 0.115. The lowest BCUT2D eigenvalue weighted by atomic mass is 9.85. The fraction of sp³-hybridized carbons (Fsp3) is 0.737. The second-order valence-corrected chi connectivity index (χ2v) is 8.06. The minimum Gasteiger partial charge on any atom is -0.462 e. The summed E-state index contributed by atoms with van der Waals surface area (Å²) in [6, 6.07) is -0.115. The molecule has 0 bridgehead atoms. The Bertz CT molecular complexity index is 653. The molecule has 1 aliphatic rings. The number of nitrogens with zero attached hydrogens (tertiary/aromatic N) is 2. The molecule has 1 fully saturated rings. The zero-order valence-corrected chi connectivity index (χ0v) is 17.6. The van der Waals surface area contributed by atoms with Crippen molar-refractivity contribution in [2.45, 2.75) is 71.4 Å². The Labute approximate surface area is 165 Å². The first-order valence-corrected chi connectivity index (χ1v) is 10.6. The van der Waals surface area contributed by atoms with Crippen LogP contribution in [0.25, 0.3) is 0 Å². The third-order valence-corrected chi connectivity index (χ3v) is 5.98. The highest BCUT2D eigenvalue weighted by Crippen LogP contribution is 2.28. The maximum atomic E-state index is 12.0. The number of carbonyl (C=O) groups is 1. The first-order valence-electron chi connectivity index (χ1n) is 9.80. The first kappa shape index (κ1) is 21.6. The monoisotopic (exact) mass is 396 g/mol. The van der Waals surface area contributed by atoms with Crippen molar-refractivity contribution in [3.05, 3.63) is 15.6 Å². The van der Waals surface area contributed by atoms with Gasteiger partial charge in [0.15, 0.2) is 5.96 Å². The van der Waals surface area contributed by atoms with Crippen LogP contribution in [0.15, 0.2) is 4.99 Å². The van der Waals surface area contributed by atoms with Crippen LogP contribution in [-0.2, 0) is 4.74 Å². The summed E-state index contributed by atoms with van der Waals surface area (Å²) in [5.41, 5.74) is -0.0147. The van der Waals surface area contributed by atoms with Crippen molar-refractivity contribution in [3.63, 3.8) is 0 Å². The van der Waals surface area contributed by atoms with E-state index in [9.17, 15) is 9.90 Å². The number of carbonyl (C=O) groups excluding carboxylic acids is 1. The Morgan fingerprint density at radius 1 is 1.37 bits per heavy atom. The highest BCUT2D eigenvalue weighted by molar-refractivity contribution is 7.13. The summed E-state index contributed by atoms with van der Waals surface area (Å²) in [6.07, 6.45) is 4.91. The van der Waals surface area contributed by atoms with Crippen LogP contribution in [0.4, 0.5) is 0 Å². The molecule has 0 amide bonds. The smallest absolute Gasteiger partial charge is 0.350 e. The maximum absolute atomic E-state index is 12.0. The minimum atomic E-state index is -0.696. The second kappa shape index (κ2) is 10.0. The van der Waals surface area contributed by atoms with E-state index in [2.05, 4.69) is 20.6 Å². The Morgan fingerprint density at radius 2 is 2.07 bits per heavy atom. The van der Waals surface area contributed by atoms with Crippen molar-refractivity contribution >= 4 is 23.3 Å². The molecule has 3 N–H and O–H groups in total. The van der Waals surface area contributed by atoms with Crippen molar-refractivity contribution in [1.29, 1.82) is 0 Å². The van der Waals surface area contributed by atoms with Gasteiger partial charge in [-0.25, -0.2) is 9.78 Å². The molecule has 1 aliphatic carbocycles. The Hall–Kier alpha value is -1.67. The molecule has 27 heavy (non-hydrogen) atoms. The fourth-order valence-corrected chi connectivity index (χ4v) is 4.13. The van der Waals surface area contributed by atoms with Gasteiger partial charge in [0.25, 0.3) is 0 Å². The van der Waals surface area contributed by atoms with Crippen molar-refractivity contribution in [2.24, 2.45) is 4.99 Å². The molecule has 1 heterocycles. The van der Waals surface area contributed by atoms with Gasteiger partial charge >= 0.3 is 5.97 Å². The Morgan fingerprint density at radius 3 is 2.70 bits per heavy atom. The van der Waals surface area contributed by atoms with E-state index in [1.165, 1.54) is 17.8 Å². The predicted octanol–water partition coefficient (Wildman–Crippen LogP) is 2.94. The lowest BCUT2D eigenvalue weighted by Gasteiger charge is -2.30. The number of aromatic nitrogens is 1. The highest BCUT2D eigenvalue weighted by atomic mass is 32.1. The van der Waals surface area contributed by atoms with Crippen LogP contribution in [0, 0.1) is 6.92 Å². The number of hydrogen-bond donors (Lipinski definition) is 3. The highest BCUT2D eigenvalue weighted by Gasteiger charge is 2.29. The number of aliphatic hydroxyl groups is 1. The SMILES string of the molecule is CCNC(=NCC1(O)CCCCC1)NC(C)c1nc(C)c(C(=O)OCC)s1. The van der Waals surface area contributed by atoms with E-state index in [1.807, 2.05) is 20.8 Å². The first-order chi connectivity index (χ1) is 12.9. The lowest BCUT2D eigenvalue weighted by Crippen LogP contribution is -2.41. The summed E-state index contributed by atoms with van der Waals surface area (Å²) in [7, 11) is 0. The van der Waals surface area contributed by atoms with E-state index in [4.69, 9.17) is 4.74 Å². The summed E-state index contributed by atoms with van der Waals surface area (Å²) < 4.78 is 5.09. The van der Waals surface area contributed by atoms with Crippen LogP contribution in [0.1, 0.15) is 79.3 Å². The van der Waals surface area contributed by atoms with Gasteiger partial charge in [0.05, 0.1) is 30.5 Å². The summed E-state index contributed by atoms with van der Waals surface area (Å²) in [5.74, 6) is 0.320. The lowest BCUT2D eigenvalue weighted by molar-refractivity contribution is 0.0131. The van der Waals surface area contributed by atoms with Gasteiger partial charge in [0.2, 0.25) is 0 Å². The fourth-order valence-electron chi connectivity index (χ4n) is 3.17. The van der Waals surface area contributed by atoms with Crippen molar-refractivity contribution in [2.75, 3.05) is 19.7 Å². The van der Waals surface area contributed by atoms with Crippen molar-refractivity contribution in [1.82, 2.24) is 15.6 Å². The molecule has 0 radical (unpaired) electrons. The van der Waals surface area contributed by atoms with Crippen LogP contribution < -0.4 is 10.6 Å². The van der Waals surface area contributed by atoms with Crippen LogP contribution in [0.2, 0.25) is 0 Å². The van der Waals surface area contributed by atoms with Gasteiger partial charge < -0.3 is 20.5 Å². The average Bonchev–Trinajstić information content (AvgIpc) is 3.03. The van der Waals surface area contributed by atoms with Gasteiger partial charge in [-0.15, -0.1) is 11.3 Å². The van der Waals surface area contributed by atoms with E-state index in [1.54, 1.807) is 6.92 Å². The van der Waals surface area contributed by atoms with Gasteiger partial charge in [-0.05, 0) is 40.5 Å². The normalized spacial score (nSPS) is 18.0. The molecule has 0 aliphatic heterocycles. The van der Waals surface area contributed by atoms with E-state index < -0.39 is 5.60 Å². The number of guanidine groups is 1. The predicted molar refractivity (Wildman–Crippen MR) is 108 cm³/mol. The van der Waals surface area contributed by atoms with Gasteiger partial charge in [-0.2, -0.15) is 0 Å². The standard InChI is InChI=1S/C19H32N4O3S/c1-5-20-18(21-12-19(25)10-8-7-9-11-19)23-14(4)16-22-13(3)15(27-16)17(24)26-6-2/h14,25H,5-12H2,1-4H3,(H2,20,21,23). The molecule has 1 aromatic rings. The van der Waals surface area contributed by atoms with E-state index >= 15 is 0 Å². The van der Waals surface area contributed by atoms with Crippen LogP contribution in [-0.4, -0.2) is 47.3 Å². The quantitative estimate of drug-likeness (QED) is 0.373. The molecule has 8 heteroatoms. The van der Waals surface area contributed by atoms with Gasteiger partial charge in [0, 0.05) is 6.54 Å². The Kier molecular flexibility index (Phi) is 8.04. The van der Waals surface area contributed by atoms with E-state index in [0.717, 1.165) is 37.2 Å². The summed E-state index contributed by atoms with van der Waals surface area (Å²) in [6.45, 7) is 9.05. The third kappa shape index (κ3) is 6.17. The number of hydrogen-bond acceptors (Lipinski definition) is 6. The Balaban J connectivity index is 2.05. The molecule has 2 rings (SSSR count). The largest absolute Gasteiger partial charge is 0.462 e. The number of aryl methyl sites for hydroxylation is 1. The van der Waals surface area contributed by atoms with Crippen molar-refractivity contribution in [3.8, 4) is 0 Å².